The predicted octanol–water partition coefficient (Wildman–Crippen LogP) is 4.10. The molecule has 0 amide bonds. The minimum Gasteiger partial charge on any atom is -0.465 e. The van der Waals surface area contributed by atoms with Crippen molar-refractivity contribution in [1.82, 2.24) is 5.32 Å². The van der Waals surface area contributed by atoms with Gasteiger partial charge >= 0.3 is 0 Å². The van der Waals surface area contributed by atoms with Crippen molar-refractivity contribution in [3.05, 3.63) is 58.5 Å². The maximum atomic E-state index is 5.77. The lowest BCUT2D eigenvalue weighted by molar-refractivity contribution is 0.403. The molecule has 102 valence electrons. The summed E-state index contributed by atoms with van der Waals surface area (Å²) in [6.07, 6.45) is 0.962. The molecule has 0 saturated carbocycles. The summed E-state index contributed by atoms with van der Waals surface area (Å²) in [5, 5.41) is 3.51. The fraction of sp³-hybridized carbons (Fsp3) is 0.412. The molecule has 1 aromatic heterocycles. The molecular formula is C17H23NO. The lowest BCUT2D eigenvalue weighted by Gasteiger charge is -2.16. The highest BCUT2D eigenvalue weighted by Crippen LogP contribution is 2.22. The van der Waals surface area contributed by atoms with Crippen LogP contribution < -0.4 is 5.32 Å². The number of likely N-dealkylation sites (N-methyl/N-ethyl adjacent to an activating group) is 1. The molecule has 0 saturated heterocycles. The van der Waals surface area contributed by atoms with Gasteiger partial charge < -0.3 is 9.73 Å². The van der Waals surface area contributed by atoms with E-state index in [1.165, 1.54) is 16.7 Å². The van der Waals surface area contributed by atoms with Crippen molar-refractivity contribution in [2.45, 2.75) is 40.2 Å². The van der Waals surface area contributed by atoms with Crippen LogP contribution in [0, 0.1) is 20.8 Å². The molecule has 2 heteroatoms. The van der Waals surface area contributed by atoms with E-state index in [1.54, 1.807) is 0 Å². The summed E-state index contributed by atoms with van der Waals surface area (Å²) in [6.45, 7) is 9.36. The Balaban J connectivity index is 2.20. The van der Waals surface area contributed by atoms with Crippen LogP contribution in [0.1, 0.15) is 41.2 Å². The fourth-order valence-electron chi connectivity index (χ4n) is 2.58. The number of nitrogens with one attached hydrogen (secondary N) is 1. The van der Waals surface area contributed by atoms with Crippen molar-refractivity contribution in [3.8, 4) is 0 Å². The van der Waals surface area contributed by atoms with Crippen LogP contribution in [0.25, 0.3) is 0 Å². The Labute approximate surface area is 115 Å². The van der Waals surface area contributed by atoms with E-state index in [9.17, 15) is 0 Å². The summed E-state index contributed by atoms with van der Waals surface area (Å²) in [7, 11) is 0. The molecule has 0 bridgehead atoms. The van der Waals surface area contributed by atoms with Gasteiger partial charge in [0.15, 0.2) is 0 Å². The third kappa shape index (κ3) is 3.71. The van der Waals surface area contributed by atoms with E-state index in [1.807, 2.05) is 13.0 Å². The number of rotatable bonds is 5. The Morgan fingerprint density at radius 3 is 2.26 bits per heavy atom. The molecule has 1 N–H and O–H groups in total. The smallest absolute Gasteiger partial charge is 0.121 e. The molecule has 2 aromatic rings. The normalized spacial score (nSPS) is 12.6. The second kappa shape index (κ2) is 6.07. The molecule has 0 aliphatic heterocycles. The van der Waals surface area contributed by atoms with Crippen molar-refractivity contribution >= 4 is 0 Å². The number of furan rings is 1. The molecule has 1 atom stereocenters. The van der Waals surface area contributed by atoms with Crippen molar-refractivity contribution in [3.63, 3.8) is 0 Å². The molecule has 2 nitrogen and oxygen atoms in total. The Morgan fingerprint density at radius 2 is 1.74 bits per heavy atom. The quantitative estimate of drug-likeness (QED) is 0.872. The predicted molar refractivity (Wildman–Crippen MR) is 79.5 cm³/mol. The van der Waals surface area contributed by atoms with E-state index in [2.05, 4.69) is 50.4 Å². The van der Waals surface area contributed by atoms with Crippen LogP contribution in [0.2, 0.25) is 0 Å². The van der Waals surface area contributed by atoms with E-state index < -0.39 is 0 Å². The SMILES string of the molecule is CCNC(Cc1cc(C)cc(C)c1)c1ccc(C)o1. The van der Waals surface area contributed by atoms with Gasteiger partial charge in [0.2, 0.25) is 0 Å². The molecule has 1 heterocycles. The Bertz CT molecular complexity index is 522. The van der Waals surface area contributed by atoms with Gasteiger partial charge in [0, 0.05) is 0 Å². The van der Waals surface area contributed by atoms with Gasteiger partial charge in [-0.25, -0.2) is 0 Å². The first-order valence-corrected chi connectivity index (χ1v) is 6.95. The minimum absolute atomic E-state index is 0.250. The Morgan fingerprint density at radius 1 is 1.05 bits per heavy atom. The monoisotopic (exact) mass is 257 g/mol. The van der Waals surface area contributed by atoms with Crippen molar-refractivity contribution in [1.29, 1.82) is 0 Å². The van der Waals surface area contributed by atoms with Gasteiger partial charge in [-0.15, -0.1) is 0 Å². The standard InChI is InChI=1S/C17H23NO/c1-5-18-16(17-7-6-14(4)19-17)11-15-9-12(2)8-13(3)10-15/h6-10,16,18H,5,11H2,1-4H3. The van der Waals surface area contributed by atoms with E-state index in [0.29, 0.717) is 0 Å². The lowest BCUT2D eigenvalue weighted by atomic mass is 10.00. The molecule has 0 aliphatic rings. The van der Waals surface area contributed by atoms with E-state index in [0.717, 1.165) is 24.5 Å². The van der Waals surface area contributed by atoms with Crippen LogP contribution in [0.3, 0.4) is 0 Å². The van der Waals surface area contributed by atoms with Crippen LogP contribution in [0.5, 0.6) is 0 Å². The fourth-order valence-corrected chi connectivity index (χ4v) is 2.58. The lowest BCUT2D eigenvalue weighted by Crippen LogP contribution is -2.22. The van der Waals surface area contributed by atoms with Gasteiger partial charge in [-0.05, 0) is 51.4 Å². The highest BCUT2D eigenvalue weighted by atomic mass is 16.3. The summed E-state index contributed by atoms with van der Waals surface area (Å²) < 4.78 is 5.77. The highest BCUT2D eigenvalue weighted by Gasteiger charge is 2.15. The number of hydrogen-bond donors (Lipinski definition) is 1. The second-order valence-corrected chi connectivity index (χ2v) is 5.26. The van der Waals surface area contributed by atoms with Gasteiger partial charge in [-0.2, -0.15) is 0 Å². The zero-order valence-electron chi connectivity index (χ0n) is 12.3. The zero-order valence-corrected chi connectivity index (χ0v) is 12.3. The van der Waals surface area contributed by atoms with Gasteiger partial charge in [-0.1, -0.05) is 36.2 Å². The van der Waals surface area contributed by atoms with E-state index in [-0.39, 0.29) is 6.04 Å². The first-order chi connectivity index (χ1) is 9.08. The average Bonchev–Trinajstić information content (AvgIpc) is 2.74. The maximum absolute atomic E-state index is 5.77. The van der Waals surface area contributed by atoms with Gasteiger partial charge in [-0.3, -0.25) is 0 Å². The summed E-state index contributed by atoms with van der Waals surface area (Å²) in [5.74, 6) is 2.00. The molecule has 1 unspecified atom stereocenters. The number of benzene rings is 1. The Hall–Kier alpha value is -1.54. The summed E-state index contributed by atoms with van der Waals surface area (Å²) in [5.41, 5.74) is 4.00. The minimum atomic E-state index is 0.250. The van der Waals surface area contributed by atoms with Crippen LogP contribution in [-0.4, -0.2) is 6.54 Å². The van der Waals surface area contributed by atoms with Crippen molar-refractivity contribution < 1.29 is 4.42 Å². The molecule has 0 aliphatic carbocycles. The average molecular weight is 257 g/mol. The molecule has 0 spiro atoms. The van der Waals surface area contributed by atoms with Gasteiger partial charge in [0.1, 0.15) is 11.5 Å². The van der Waals surface area contributed by atoms with E-state index >= 15 is 0 Å². The third-order valence-electron chi connectivity index (χ3n) is 3.28. The number of hydrogen-bond acceptors (Lipinski definition) is 2. The summed E-state index contributed by atoms with van der Waals surface area (Å²) in [4.78, 5) is 0. The molecule has 1 aromatic carbocycles. The summed E-state index contributed by atoms with van der Waals surface area (Å²) in [6, 6.07) is 11.1. The van der Waals surface area contributed by atoms with E-state index in [4.69, 9.17) is 4.42 Å². The first kappa shape index (κ1) is 13.9. The van der Waals surface area contributed by atoms with Crippen molar-refractivity contribution in [2.24, 2.45) is 0 Å². The van der Waals surface area contributed by atoms with Crippen LogP contribution >= 0.6 is 0 Å². The van der Waals surface area contributed by atoms with Gasteiger partial charge in [0.05, 0.1) is 6.04 Å². The van der Waals surface area contributed by atoms with Crippen LogP contribution in [0.15, 0.2) is 34.7 Å². The number of aryl methyl sites for hydroxylation is 3. The molecule has 2 rings (SSSR count). The zero-order chi connectivity index (χ0) is 13.8. The second-order valence-electron chi connectivity index (χ2n) is 5.26. The third-order valence-corrected chi connectivity index (χ3v) is 3.28. The first-order valence-electron chi connectivity index (χ1n) is 6.95. The Kier molecular flexibility index (Phi) is 4.43. The topological polar surface area (TPSA) is 25.2 Å². The molecular weight excluding hydrogens is 234 g/mol. The molecule has 0 fully saturated rings. The van der Waals surface area contributed by atoms with Gasteiger partial charge in [0.25, 0.3) is 0 Å². The highest BCUT2D eigenvalue weighted by molar-refractivity contribution is 5.29. The maximum Gasteiger partial charge on any atom is 0.121 e. The van der Waals surface area contributed by atoms with Crippen molar-refractivity contribution in [2.75, 3.05) is 6.54 Å². The largest absolute Gasteiger partial charge is 0.465 e. The molecule has 0 radical (unpaired) electrons. The van der Waals surface area contributed by atoms with Crippen LogP contribution in [-0.2, 0) is 6.42 Å². The molecule has 19 heavy (non-hydrogen) atoms. The summed E-state index contributed by atoms with van der Waals surface area (Å²) >= 11 is 0. The van der Waals surface area contributed by atoms with Crippen LogP contribution in [0.4, 0.5) is 0 Å².